The van der Waals surface area contributed by atoms with E-state index in [1.165, 1.54) is 5.56 Å². The lowest BCUT2D eigenvalue weighted by atomic mass is 9.90. The highest BCUT2D eigenvalue weighted by Gasteiger charge is 2.41. The van der Waals surface area contributed by atoms with Crippen LogP contribution in [0.2, 0.25) is 18.1 Å². The molecule has 0 bridgehead atoms. The highest BCUT2D eigenvalue weighted by atomic mass is 28.4. The van der Waals surface area contributed by atoms with Crippen LogP contribution in [0, 0.1) is 11.8 Å². The zero-order valence-corrected chi connectivity index (χ0v) is 21.0. The number of aliphatic hydroxyl groups excluding tert-OH is 3. The van der Waals surface area contributed by atoms with Crippen molar-refractivity contribution in [2.24, 2.45) is 11.8 Å². The summed E-state index contributed by atoms with van der Waals surface area (Å²) < 4.78 is 12.0. The lowest BCUT2D eigenvalue weighted by Gasteiger charge is -2.39. The summed E-state index contributed by atoms with van der Waals surface area (Å²) in [5.41, 5.74) is 2.31. The van der Waals surface area contributed by atoms with Crippen molar-refractivity contribution in [1.82, 2.24) is 0 Å². The molecule has 0 heterocycles. The van der Waals surface area contributed by atoms with E-state index in [1.54, 1.807) is 7.11 Å². The van der Waals surface area contributed by atoms with Crippen molar-refractivity contribution in [2.75, 3.05) is 13.7 Å². The van der Waals surface area contributed by atoms with Crippen LogP contribution in [0.15, 0.2) is 36.4 Å². The topological polar surface area (TPSA) is 79.2 Å². The largest absolute Gasteiger partial charge is 0.410 e. The first-order valence-corrected chi connectivity index (χ1v) is 14.3. The molecule has 176 valence electrons. The first-order valence-electron chi connectivity index (χ1n) is 11.4. The van der Waals surface area contributed by atoms with Crippen LogP contribution in [-0.4, -0.2) is 55.7 Å². The molecule has 0 aromatic heterocycles. The van der Waals surface area contributed by atoms with Gasteiger partial charge in [-0.2, -0.15) is 0 Å². The summed E-state index contributed by atoms with van der Waals surface area (Å²) in [5, 5.41) is 30.2. The van der Waals surface area contributed by atoms with Gasteiger partial charge in [0, 0.05) is 32.5 Å². The van der Waals surface area contributed by atoms with Gasteiger partial charge in [0.15, 0.2) is 8.32 Å². The van der Waals surface area contributed by atoms with Gasteiger partial charge in [0.2, 0.25) is 0 Å². The van der Waals surface area contributed by atoms with E-state index < -0.39 is 20.5 Å². The predicted octanol–water partition coefficient (Wildman–Crippen LogP) is 4.06. The average molecular weight is 451 g/mol. The zero-order chi connectivity index (χ0) is 23.2. The van der Waals surface area contributed by atoms with Gasteiger partial charge in [0.1, 0.15) is 0 Å². The Morgan fingerprint density at radius 2 is 1.84 bits per heavy atom. The number of ether oxygens (including phenoxy) is 1. The van der Waals surface area contributed by atoms with Gasteiger partial charge in [0.05, 0.1) is 24.9 Å². The van der Waals surface area contributed by atoms with Crippen LogP contribution in [0.1, 0.15) is 44.7 Å². The second-order valence-electron chi connectivity index (χ2n) is 10.4. The van der Waals surface area contributed by atoms with E-state index in [0.29, 0.717) is 19.4 Å². The standard InChI is InChI=1S/C25H42O5Si/c1-25(2,3)31(5,6)30-20(15-18-8-7-9-19(14-18)17-29-4)10-11-21-22(12-13-26)24(28)16-23(21)27/h7-11,14,20-24,26-28H,12-13,15-17H2,1-6H3/b11-10+/t20-,21-,22-,23-,24+/m1/s1. The normalized spacial score (nSPS) is 26.0. The Morgan fingerprint density at radius 1 is 1.16 bits per heavy atom. The lowest BCUT2D eigenvalue weighted by molar-refractivity contribution is 0.103. The van der Waals surface area contributed by atoms with Gasteiger partial charge in [-0.05, 0) is 41.6 Å². The van der Waals surface area contributed by atoms with Crippen LogP contribution < -0.4 is 0 Å². The van der Waals surface area contributed by atoms with Crippen molar-refractivity contribution in [3.63, 3.8) is 0 Å². The molecule has 1 aromatic rings. The highest BCUT2D eigenvalue weighted by molar-refractivity contribution is 6.74. The van der Waals surface area contributed by atoms with Crippen LogP contribution in [0.25, 0.3) is 0 Å². The number of methoxy groups -OCH3 is 1. The maximum atomic E-state index is 10.5. The molecule has 0 saturated heterocycles. The Morgan fingerprint density at radius 3 is 2.45 bits per heavy atom. The van der Waals surface area contributed by atoms with Gasteiger partial charge in [-0.15, -0.1) is 0 Å². The Bertz CT molecular complexity index is 712. The summed E-state index contributed by atoms with van der Waals surface area (Å²) >= 11 is 0. The van der Waals surface area contributed by atoms with Crippen molar-refractivity contribution < 1.29 is 24.5 Å². The molecule has 1 aliphatic carbocycles. The summed E-state index contributed by atoms with van der Waals surface area (Å²) in [7, 11) is -0.321. The van der Waals surface area contributed by atoms with E-state index in [-0.39, 0.29) is 29.6 Å². The fraction of sp³-hybridized carbons (Fsp3) is 0.680. The summed E-state index contributed by atoms with van der Waals surface area (Å²) in [6, 6.07) is 8.37. The van der Waals surface area contributed by atoms with Crippen LogP contribution in [0.4, 0.5) is 0 Å². The SMILES string of the molecule is COCc1cccc(C[C@@H](/C=C/[C@@H]2[C@@H](CCO)[C@@H](O)C[C@H]2O)O[Si](C)(C)C(C)(C)C)c1. The fourth-order valence-corrected chi connectivity index (χ4v) is 5.40. The number of benzene rings is 1. The summed E-state index contributed by atoms with van der Waals surface area (Å²) in [5.74, 6) is -0.303. The molecule has 5 nitrogen and oxygen atoms in total. The third-order valence-electron chi connectivity index (χ3n) is 6.92. The molecular formula is C25H42O5Si. The zero-order valence-electron chi connectivity index (χ0n) is 20.0. The molecule has 1 aromatic carbocycles. The third kappa shape index (κ3) is 7.24. The van der Waals surface area contributed by atoms with Crippen molar-refractivity contribution in [1.29, 1.82) is 0 Å². The molecule has 1 saturated carbocycles. The Balaban J connectivity index is 2.27. The van der Waals surface area contributed by atoms with E-state index in [9.17, 15) is 15.3 Å². The molecule has 5 atom stereocenters. The van der Waals surface area contributed by atoms with Crippen LogP contribution >= 0.6 is 0 Å². The number of rotatable bonds is 10. The molecule has 1 fully saturated rings. The first-order chi connectivity index (χ1) is 14.5. The quantitative estimate of drug-likeness (QED) is 0.370. The molecule has 6 heteroatoms. The van der Waals surface area contributed by atoms with Crippen LogP contribution in [0.3, 0.4) is 0 Å². The molecule has 0 unspecified atom stereocenters. The van der Waals surface area contributed by atoms with Gasteiger partial charge in [-0.3, -0.25) is 0 Å². The molecule has 31 heavy (non-hydrogen) atoms. The minimum atomic E-state index is -2.02. The first kappa shape index (κ1) is 26.2. The summed E-state index contributed by atoms with van der Waals surface area (Å²) in [4.78, 5) is 0. The molecule has 2 rings (SSSR count). The Hall–Kier alpha value is -1.02. The van der Waals surface area contributed by atoms with Crippen LogP contribution in [0.5, 0.6) is 0 Å². The smallest absolute Gasteiger partial charge is 0.192 e. The maximum Gasteiger partial charge on any atom is 0.192 e. The average Bonchev–Trinajstić information content (AvgIpc) is 2.92. The van der Waals surface area contributed by atoms with Crippen LogP contribution in [-0.2, 0) is 22.2 Å². The number of hydrogen-bond donors (Lipinski definition) is 3. The third-order valence-corrected chi connectivity index (χ3v) is 11.4. The van der Waals surface area contributed by atoms with E-state index in [4.69, 9.17) is 9.16 Å². The summed E-state index contributed by atoms with van der Waals surface area (Å²) in [6.07, 6.45) is 4.35. The van der Waals surface area contributed by atoms with E-state index >= 15 is 0 Å². The molecule has 0 radical (unpaired) electrons. The second kappa shape index (κ2) is 11.2. The monoisotopic (exact) mass is 450 g/mol. The van der Waals surface area contributed by atoms with Gasteiger partial charge in [-0.25, -0.2) is 0 Å². The molecule has 0 amide bonds. The minimum Gasteiger partial charge on any atom is -0.410 e. The van der Waals surface area contributed by atoms with Crippen molar-refractivity contribution in [3.8, 4) is 0 Å². The van der Waals surface area contributed by atoms with Gasteiger partial charge >= 0.3 is 0 Å². The van der Waals surface area contributed by atoms with Gasteiger partial charge in [-0.1, -0.05) is 57.2 Å². The molecular weight excluding hydrogens is 408 g/mol. The Labute approximate surface area is 189 Å². The van der Waals surface area contributed by atoms with Gasteiger partial charge < -0.3 is 24.5 Å². The number of aliphatic hydroxyl groups is 3. The molecule has 3 N–H and O–H groups in total. The predicted molar refractivity (Wildman–Crippen MR) is 127 cm³/mol. The lowest BCUT2D eigenvalue weighted by Crippen LogP contribution is -2.44. The van der Waals surface area contributed by atoms with E-state index in [2.05, 4.69) is 58.1 Å². The second-order valence-corrected chi connectivity index (χ2v) is 15.1. The van der Waals surface area contributed by atoms with E-state index in [1.807, 2.05) is 12.1 Å². The molecule has 0 spiro atoms. The minimum absolute atomic E-state index is 0.00890. The van der Waals surface area contributed by atoms with Gasteiger partial charge in [0.25, 0.3) is 0 Å². The maximum absolute atomic E-state index is 10.5. The highest BCUT2D eigenvalue weighted by Crippen LogP contribution is 2.39. The van der Waals surface area contributed by atoms with Crippen molar-refractivity contribution in [2.45, 2.75) is 83.1 Å². The molecule has 0 aliphatic heterocycles. The molecule has 1 aliphatic rings. The van der Waals surface area contributed by atoms with Crippen molar-refractivity contribution >= 4 is 8.32 Å². The Kier molecular flexibility index (Phi) is 9.49. The van der Waals surface area contributed by atoms with Crippen molar-refractivity contribution in [3.05, 3.63) is 47.5 Å². The van der Waals surface area contributed by atoms with E-state index in [0.717, 1.165) is 12.0 Å². The number of hydrogen-bond acceptors (Lipinski definition) is 5. The summed E-state index contributed by atoms with van der Waals surface area (Å²) in [6.45, 7) is 11.8. The fourth-order valence-electron chi connectivity index (χ4n) is 4.13.